The van der Waals surface area contributed by atoms with Gasteiger partial charge in [-0.1, -0.05) is 52.8 Å². The Morgan fingerprint density at radius 3 is 2.38 bits per heavy atom. The second-order valence-corrected chi connectivity index (χ2v) is 7.19. The van der Waals surface area contributed by atoms with Crippen LogP contribution in [0.25, 0.3) is 0 Å². The molecule has 1 N–H and O–H groups in total. The first-order valence-electron chi connectivity index (χ1n) is 8.32. The molecule has 0 aromatic heterocycles. The van der Waals surface area contributed by atoms with Crippen LogP contribution >= 0.6 is 0 Å². The van der Waals surface area contributed by atoms with Crippen molar-refractivity contribution in [3.8, 4) is 5.75 Å². The maximum Gasteiger partial charge on any atom is 0.124 e. The fourth-order valence-electron chi connectivity index (χ4n) is 3.15. The normalized spacial score (nSPS) is 14.8. The van der Waals surface area contributed by atoms with Crippen LogP contribution in [0.3, 0.4) is 0 Å². The fraction of sp³-hybridized carbons (Fsp3) is 0.684. The van der Waals surface area contributed by atoms with Crippen molar-refractivity contribution in [2.75, 3.05) is 13.2 Å². The summed E-state index contributed by atoms with van der Waals surface area (Å²) in [7, 11) is 0. The summed E-state index contributed by atoms with van der Waals surface area (Å²) in [5.74, 6) is 1.71. The molecule has 0 saturated carbocycles. The van der Waals surface area contributed by atoms with Gasteiger partial charge in [0.05, 0.1) is 6.61 Å². The standard InChI is InChI=1S/C19H33NO/c1-7-20-17(13-15(3)14-19(4,5)6)16-11-9-10-12-18(16)21-8-2/h9-12,15,17,20H,7-8,13-14H2,1-6H3. The molecule has 2 unspecified atom stereocenters. The van der Waals surface area contributed by atoms with Crippen LogP contribution in [0.4, 0.5) is 0 Å². The molecule has 2 heteroatoms. The highest BCUT2D eigenvalue weighted by Crippen LogP contribution is 2.33. The lowest BCUT2D eigenvalue weighted by atomic mass is 9.82. The Morgan fingerprint density at radius 2 is 1.81 bits per heavy atom. The molecule has 0 heterocycles. The number of rotatable bonds is 8. The van der Waals surface area contributed by atoms with Gasteiger partial charge in [-0.3, -0.25) is 0 Å². The summed E-state index contributed by atoms with van der Waals surface area (Å²) in [5.41, 5.74) is 1.68. The second-order valence-electron chi connectivity index (χ2n) is 7.19. The zero-order valence-corrected chi connectivity index (χ0v) is 14.7. The summed E-state index contributed by atoms with van der Waals surface area (Å²) in [4.78, 5) is 0. The van der Waals surface area contributed by atoms with Crippen LogP contribution in [0.15, 0.2) is 24.3 Å². The Bertz CT molecular complexity index is 408. The summed E-state index contributed by atoms with van der Waals surface area (Å²) in [5, 5.41) is 3.63. The Morgan fingerprint density at radius 1 is 1.14 bits per heavy atom. The monoisotopic (exact) mass is 291 g/mol. The van der Waals surface area contributed by atoms with E-state index in [1.54, 1.807) is 0 Å². The van der Waals surface area contributed by atoms with Crippen LogP contribution < -0.4 is 10.1 Å². The van der Waals surface area contributed by atoms with Crippen molar-refractivity contribution >= 4 is 0 Å². The number of nitrogens with one attached hydrogen (secondary N) is 1. The van der Waals surface area contributed by atoms with Gasteiger partial charge in [0.25, 0.3) is 0 Å². The van der Waals surface area contributed by atoms with E-state index in [4.69, 9.17) is 4.74 Å². The van der Waals surface area contributed by atoms with Gasteiger partial charge in [0.2, 0.25) is 0 Å². The van der Waals surface area contributed by atoms with E-state index in [0.29, 0.717) is 24.0 Å². The number of hydrogen-bond donors (Lipinski definition) is 1. The van der Waals surface area contributed by atoms with Crippen molar-refractivity contribution in [3.05, 3.63) is 29.8 Å². The minimum absolute atomic E-state index is 0.370. The van der Waals surface area contributed by atoms with E-state index in [-0.39, 0.29) is 0 Å². The van der Waals surface area contributed by atoms with Crippen LogP contribution in [0.1, 0.15) is 66.0 Å². The van der Waals surface area contributed by atoms with Gasteiger partial charge < -0.3 is 10.1 Å². The minimum atomic E-state index is 0.370. The first-order chi connectivity index (χ1) is 9.87. The smallest absolute Gasteiger partial charge is 0.124 e. The molecule has 0 aliphatic carbocycles. The van der Waals surface area contributed by atoms with E-state index in [0.717, 1.165) is 18.7 Å². The lowest BCUT2D eigenvalue weighted by molar-refractivity contribution is 0.272. The first kappa shape index (κ1) is 18.0. The molecule has 21 heavy (non-hydrogen) atoms. The molecule has 0 saturated heterocycles. The first-order valence-corrected chi connectivity index (χ1v) is 8.32. The molecule has 0 fully saturated rings. The molecular formula is C19H33NO. The third kappa shape index (κ3) is 6.52. The minimum Gasteiger partial charge on any atom is -0.494 e. The van der Waals surface area contributed by atoms with Crippen LogP contribution in [0.5, 0.6) is 5.75 Å². The molecule has 0 spiro atoms. The molecule has 1 aromatic rings. The maximum absolute atomic E-state index is 5.81. The summed E-state index contributed by atoms with van der Waals surface area (Å²) in [6.45, 7) is 15.2. The quantitative estimate of drug-likeness (QED) is 0.711. The molecule has 2 atom stereocenters. The van der Waals surface area contributed by atoms with Crippen LogP contribution in [-0.4, -0.2) is 13.2 Å². The largest absolute Gasteiger partial charge is 0.494 e. The summed E-state index contributed by atoms with van der Waals surface area (Å²) < 4.78 is 5.81. The Kier molecular flexibility index (Phi) is 7.24. The predicted molar refractivity (Wildman–Crippen MR) is 91.9 cm³/mol. The van der Waals surface area contributed by atoms with Gasteiger partial charge in [0, 0.05) is 11.6 Å². The zero-order chi connectivity index (χ0) is 15.9. The van der Waals surface area contributed by atoms with Gasteiger partial charge in [0.1, 0.15) is 5.75 Å². The fourth-order valence-corrected chi connectivity index (χ4v) is 3.15. The summed E-state index contributed by atoms with van der Waals surface area (Å²) in [6, 6.07) is 8.81. The van der Waals surface area contributed by atoms with Gasteiger partial charge in [-0.05, 0) is 43.7 Å². The Balaban J connectivity index is 2.86. The van der Waals surface area contributed by atoms with Crippen LogP contribution in [0.2, 0.25) is 0 Å². The Labute approximate surface area is 131 Å². The number of benzene rings is 1. The van der Waals surface area contributed by atoms with E-state index >= 15 is 0 Å². The van der Waals surface area contributed by atoms with Gasteiger partial charge >= 0.3 is 0 Å². The highest BCUT2D eigenvalue weighted by Gasteiger charge is 2.21. The number of para-hydroxylation sites is 1. The molecule has 2 nitrogen and oxygen atoms in total. The third-order valence-corrected chi connectivity index (χ3v) is 3.64. The summed E-state index contributed by atoms with van der Waals surface area (Å²) in [6.07, 6.45) is 2.39. The van der Waals surface area contributed by atoms with Crippen molar-refractivity contribution < 1.29 is 4.74 Å². The average molecular weight is 291 g/mol. The van der Waals surface area contributed by atoms with Crippen molar-refractivity contribution in [1.29, 1.82) is 0 Å². The SMILES string of the molecule is CCNC(CC(C)CC(C)(C)C)c1ccccc1OCC. The number of ether oxygens (including phenoxy) is 1. The zero-order valence-electron chi connectivity index (χ0n) is 14.7. The maximum atomic E-state index is 5.81. The molecule has 1 rings (SSSR count). The van der Waals surface area contributed by atoms with E-state index < -0.39 is 0 Å². The van der Waals surface area contributed by atoms with E-state index in [9.17, 15) is 0 Å². The molecule has 0 bridgehead atoms. The second kappa shape index (κ2) is 8.43. The molecule has 120 valence electrons. The van der Waals surface area contributed by atoms with Gasteiger partial charge in [-0.15, -0.1) is 0 Å². The van der Waals surface area contributed by atoms with Gasteiger partial charge in [-0.25, -0.2) is 0 Å². The lowest BCUT2D eigenvalue weighted by Gasteiger charge is -2.28. The van der Waals surface area contributed by atoms with Crippen molar-refractivity contribution in [2.24, 2.45) is 11.3 Å². The predicted octanol–water partition coefficient (Wildman–Crippen LogP) is 5.20. The van der Waals surface area contributed by atoms with Crippen LogP contribution in [-0.2, 0) is 0 Å². The molecular weight excluding hydrogens is 258 g/mol. The molecule has 0 radical (unpaired) electrons. The lowest BCUT2D eigenvalue weighted by Crippen LogP contribution is -2.25. The van der Waals surface area contributed by atoms with Gasteiger partial charge in [-0.2, -0.15) is 0 Å². The highest BCUT2D eigenvalue weighted by molar-refractivity contribution is 5.36. The third-order valence-electron chi connectivity index (χ3n) is 3.64. The molecule has 1 aromatic carbocycles. The topological polar surface area (TPSA) is 21.3 Å². The van der Waals surface area contributed by atoms with Crippen molar-refractivity contribution in [1.82, 2.24) is 5.32 Å². The van der Waals surface area contributed by atoms with Crippen LogP contribution in [0, 0.1) is 11.3 Å². The molecule has 0 aliphatic rings. The van der Waals surface area contributed by atoms with E-state index in [1.807, 2.05) is 6.92 Å². The number of hydrogen-bond acceptors (Lipinski definition) is 2. The van der Waals surface area contributed by atoms with Gasteiger partial charge in [0.15, 0.2) is 0 Å². The van der Waals surface area contributed by atoms with E-state index in [2.05, 4.69) is 64.2 Å². The molecule has 0 aliphatic heterocycles. The Hall–Kier alpha value is -1.02. The molecule has 0 amide bonds. The van der Waals surface area contributed by atoms with E-state index in [1.165, 1.54) is 12.0 Å². The highest BCUT2D eigenvalue weighted by atomic mass is 16.5. The van der Waals surface area contributed by atoms with Crippen molar-refractivity contribution in [2.45, 2.75) is 60.4 Å². The average Bonchev–Trinajstić information content (AvgIpc) is 2.37. The summed E-state index contributed by atoms with van der Waals surface area (Å²) >= 11 is 0. The van der Waals surface area contributed by atoms with Crippen molar-refractivity contribution in [3.63, 3.8) is 0 Å².